The first kappa shape index (κ1) is 18.5. The highest BCUT2D eigenvalue weighted by Crippen LogP contribution is 2.21. The lowest BCUT2D eigenvalue weighted by Gasteiger charge is -2.12. The normalized spacial score (nSPS) is 10.9. The first-order valence-corrected chi connectivity index (χ1v) is 9.09. The SMILES string of the molecule is C=C(Cl)CSc1nc2ccccc2c(=O)n1CCCCCC(N)=O. The molecule has 0 aliphatic carbocycles. The molecule has 1 aromatic heterocycles. The van der Waals surface area contributed by atoms with Crippen molar-refractivity contribution in [1.29, 1.82) is 0 Å². The van der Waals surface area contributed by atoms with Crippen molar-refractivity contribution in [2.75, 3.05) is 5.75 Å². The molecule has 1 heterocycles. The Morgan fingerprint density at radius 3 is 2.75 bits per heavy atom. The van der Waals surface area contributed by atoms with Crippen LogP contribution in [-0.2, 0) is 11.3 Å². The van der Waals surface area contributed by atoms with Gasteiger partial charge in [0.1, 0.15) is 0 Å². The van der Waals surface area contributed by atoms with Gasteiger partial charge in [-0.15, -0.1) is 0 Å². The van der Waals surface area contributed by atoms with E-state index in [0.29, 0.717) is 39.8 Å². The van der Waals surface area contributed by atoms with E-state index in [1.807, 2.05) is 18.2 Å². The van der Waals surface area contributed by atoms with Gasteiger partial charge in [-0.05, 0) is 25.0 Å². The molecule has 2 rings (SSSR count). The molecule has 0 saturated carbocycles. The third-order valence-electron chi connectivity index (χ3n) is 3.49. The Kier molecular flexibility index (Phi) is 6.87. The van der Waals surface area contributed by atoms with E-state index in [4.69, 9.17) is 17.3 Å². The summed E-state index contributed by atoms with van der Waals surface area (Å²) in [7, 11) is 0. The zero-order chi connectivity index (χ0) is 17.5. The van der Waals surface area contributed by atoms with E-state index in [1.54, 1.807) is 10.6 Å². The van der Waals surface area contributed by atoms with Crippen LogP contribution in [0.5, 0.6) is 0 Å². The van der Waals surface area contributed by atoms with E-state index < -0.39 is 0 Å². The summed E-state index contributed by atoms with van der Waals surface area (Å²) in [4.78, 5) is 28.1. The highest BCUT2D eigenvalue weighted by atomic mass is 35.5. The van der Waals surface area contributed by atoms with Crippen LogP contribution in [0.1, 0.15) is 25.7 Å². The molecule has 2 aromatic rings. The van der Waals surface area contributed by atoms with Crippen LogP contribution in [0.15, 0.2) is 45.8 Å². The molecule has 0 aliphatic rings. The van der Waals surface area contributed by atoms with Gasteiger partial charge >= 0.3 is 0 Å². The van der Waals surface area contributed by atoms with Gasteiger partial charge < -0.3 is 5.73 Å². The number of amides is 1. The minimum Gasteiger partial charge on any atom is -0.370 e. The van der Waals surface area contributed by atoms with Crippen molar-refractivity contribution in [2.24, 2.45) is 5.73 Å². The molecule has 5 nitrogen and oxygen atoms in total. The lowest BCUT2D eigenvalue weighted by Crippen LogP contribution is -2.23. The van der Waals surface area contributed by atoms with Gasteiger partial charge in [0, 0.05) is 23.8 Å². The summed E-state index contributed by atoms with van der Waals surface area (Å²) in [6.45, 7) is 4.22. The van der Waals surface area contributed by atoms with Gasteiger partial charge in [0.2, 0.25) is 5.91 Å². The second-order valence-corrected chi connectivity index (χ2v) is 6.93. The summed E-state index contributed by atoms with van der Waals surface area (Å²) in [5.41, 5.74) is 5.75. The Balaban J connectivity index is 2.22. The molecule has 0 radical (unpaired) electrons. The minimum absolute atomic E-state index is 0.0572. The van der Waals surface area contributed by atoms with Crippen LogP contribution in [-0.4, -0.2) is 21.2 Å². The summed E-state index contributed by atoms with van der Waals surface area (Å²) < 4.78 is 1.68. The lowest BCUT2D eigenvalue weighted by molar-refractivity contribution is -0.118. The zero-order valence-corrected chi connectivity index (χ0v) is 14.9. The number of unbranched alkanes of at least 4 members (excludes halogenated alkanes) is 2. The first-order valence-electron chi connectivity index (χ1n) is 7.73. The third kappa shape index (κ3) is 5.11. The van der Waals surface area contributed by atoms with Gasteiger partial charge in [0.15, 0.2) is 5.16 Å². The molecular weight excluding hydrogens is 346 g/mol. The summed E-state index contributed by atoms with van der Waals surface area (Å²) in [5.74, 6) is 0.199. The molecule has 0 bridgehead atoms. The van der Waals surface area contributed by atoms with E-state index in [9.17, 15) is 9.59 Å². The number of para-hydroxylation sites is 1. The second kappa shape index (κ2) is 8.89. The minimum atomic E-state index is -0.295. The number of nitrogens with two attached hydrogens (primary N) is 1. The van der Waals surface area contributed by atoms with Gasteiger partial charge in [-0.2, -0.15) is 0 Å². The van der Waals surface area contributed by atoms with Gasteiger partial charge in [-0.1, -0.05) is 48.5 Å². The maximum atomic E-state index is 12.7. The van der Waals surface area contributed by atoms with E-state index in [2.05, 4.69) is 11.6 Å². The van der Waals surface area contributed by atoms with E-state index >= 15 is 0 Å². The number of nitrogens with zero attached hydrogens (tertiary/aromatic N) is 2. The molecule has 0 saturated heterocycles. The van der Waals surface area contributed by atoms with Crippen molar-refractivity contribution in [3.05, 3.63) is 46.2 Å². The second-order valence-electron chi connectivity index (χ2n) is 5.45. The summed E-state index contributed by atoms with van der Waals surface area (Å²) >= 11 is 7.24. The van der Waals surface area contributed by atoms with Crippen LogP contribution in [0.4, 0.5) is 0 Å². The number of halogens is 1. The van der Waals surface area contributed by atoms with Crippen LogP contribution in [0.3, 0.4) is 0 Å². The average Bonchev–Trinajstić information content (AvgIpc) is 2.54. The molecular formula is C17H20ClN3O2S. The van der Waals surface area contributed by atoms with E-state index in [0.717, 1.165) is 19.3 Å². The van der Waals surface area contributed by atoms with Crippen molar-refractivity contribution in [3.8, 4) is 0 Å². The maximum Gasteiger partial charge on any atom is 0.262 e. The number of hydrogen-bond acceptors (Lipinski definition) is 4. The van der Waals surface area contributed by atoms with Crippen LogP contribution in [0, 0.1) is 0 Å². The Bertz CT molecular complexity index is 804. The number of thioether (sulfide) groups is 1. The molecule has 0 atom stereocenters. The van der Waals surface area contributed by atoms with E-state index in [1.165, 1.54) is 11.8 Å². The number of hydrogen-bond donors (Lipinski definition) is 1. The molecule has 0 unspecified atom stereocenters. The summed E-state index contributed by atoms with van der Waals surface area (Å²) in [6.07, 6.45) is 2.71. The number of rotatable bonds is 9. The molecule has 128 valence electrons. The molecule has 7 heteroatoms. The number of aromatic nitrogens is 2. The number of primary amides is 1. The Morgan fingerprint density at radius 1 is 1.29 bits per heavy atom. The standard InChI is InChI=1S/C17H20ClN3O2S/c1-12(18)11-24-17-20-14-8-5-4-7-13(14)16(23)21(17)10-6-2-3-9-15(19)22/h4-5,7-8H,1-3,6,9-11H2,(H2,19,22). The van der Waals surface area contributed by atoms with Crippen LogP contribution in [0.25, 0.3) is 10.9 Å². The van der Waals surface area contributed by atoms with Crippen molar-refractivity contribution >= 4 is 40.2 Å². The maximum absolute atomic E-state index is 12.7. The number of benzene rings is 1. The van der Waals surface area contributed by atoms with E-state index in [-0.39, 0.29) is 11.5 Å². The van der Waals surface area contributed by atoms with Crippen LogP contribution < -0.4 is 11.3 Å². The molecule has 0 fully saturated rings. The quantitative estimate of drug-likeness (QED) is 0.420. The molecule has 2 N–H and O–H groups in total. The Hall–Kier alpha value is -1.79. The smallest absolute Gasteiger partial charge is 0.262 e. The van der Waals surface area contributed by atoms with Crippen LogP contribution >= 0.6 is 23.4 Å². The van der Waals surface area contributed by atoms with Crippen molar-refractivity contribution in [3.63, 3.8) is 0 Å². The highest BCUT2D eigenvalue weighted by Gasteiger charge is 2.11. The van der Waals surface area contributed by atoms with Crippen molar-refractivity contribution < 1.29 is 4.79 Å². The first-order chi connectivity index (χ1) is 11.5. The summed E-state index contributed by atoms with van der Waals surface area (Å²) in [5, 5.41) is 1.74. The largest absolute Gasteiger partial charge is 0.370 e. The van der Waals surface area contributed by atoms with Crippen LogP contribution in [0.2, 0.25) is 0 Å². The molecule has 24 heavy (non-hydrogen) atoms. The zero-order valence-electron chi connectivity index (χ0n) is 13.3. The van der Waals surface area contributed by atoms with Gasteiger partial charge in [0.25, 0.3) is 5.56 Å². The monoisotopic (exact) mass is 365 g/mol. The fourth-order valence-electron chi connectivity index (χ4n) is 2.34. The predicted molar refractivity (Wildman–Crippen MR) is 99.4 cm³/mol. The van der Waals surface area contributed by atoms with Gasteiger partial charge in [-0.25, -0.2) is 4.98 Å². The molecule has 1 amide bonds. The predicted octanol–water partition coefficient (Wildman–Crippen LogP) is 3.29. The summed E-state index contributed by atoms with van der Waals surface area (Å²) in [6, 6.07) is 7.30. The lowest BCUT2D eigenvalue weighted by atomic mass is 10.2. The van der Waals surface area contributed by atoms with Crippen molar-refractivity contribution in [2.45, 2.75) is 37.4 Å². The fraction of sp³-hybridized carbons (Fsp3) is 0.353. The number of fused-ring (bicyclic) bond motifs is 1. The molecule has 0 aliphatic heterocycles. The third-order valence-corrected chi connectivity index (χ3v) is 4.84. The van der Waals surface area contributed by atoms with Gasteiger partial charge in [0.05, 0.1) is 10.9 Å². The number of carbonyl (C=O) groups excluding carboxylic acids is 1. The fourth-order valence-corrected chi connectivity index (χ4v) is 3.29. The number of carbonyl (C=O) groups is 1. The topological polar surface area (TPSA) is 78.0 Å². The van der Waals surface area contributed by atoms with Crippen molar-refractivity contribution in [1.82, 2.24) is 9.55 Å². The molecule has 1 aromatic carbocycles. The highest BCUT2D eigenvalue weighted by molar-refractivity contribution is 7.99. The van der Waals surface area contributed by atoms with Gasteiger partial charge in [-0.3, -0.25) is 14.2 Å². The Labute approximate surface area is 149 Å². The Morgan fingerprint density at radius 2 is 2.04 bits per heavy atom. The average molecular weight is 366 g/mol. The molecule has 0 spiro atoms.